The maximum Gasteiger partial charge on any atom is 0.253 e. The van der Waals surface area contributed by atoms with E-state index in [9.17, 15) is 4.79 Å². The number of nitrogens with zero attached hydrogens (tertiary/aromatic N) is 1. The molecule has 1 aromatic rings. The fourth-order valence-corrected chi connectivity index (χ4v) is 3.08. The smallest absolute Gasteiger partial charge is 0.253 e. The molecule has 3 fully saturated rings. The average Bonchev–Trinajstić information content (AvgIpc) is 2.40. The Morgan fingerprint density at radius 1 is 1.20 bits per heavy atom. The van der Waals surface area contributed by atoms with E-state index in [0.29, 0.717) is 23.2 Å². The lowest BCUT2D eigenvalue weighted by Crippen LogP contribution is -2.57. The molecule has 6 heteroatoms. The number of hydrogen-bond donors (Lipinski definition) is 2. The summed E-state index contributed by atoms with van der Waals surface area (Å²) < 4.78 is 0. The molecule has 2 bridgehead atoms. The van der Waals surface area contributed by atoms with Crippen LogP contribution in [0.1, 0.15) is 23.2 Å². The molecule has 3 heterocycles. The highest BCUT2D eigenvalue weighted by Gasteiger charge is 2.35. The van der Waals surface area contributed by atoms with Gasteiger partial charge in [0.1, 0.15) is 0 Å². The molecule has 112 valence electrons. The lowest BCUT2D eigenvalue weighted by atomic mass is 9.84. The Morgan fingerprint density at radius 2 is 1.85 bits per heavy atom. The summed E-state index contributed by atoms with van der Waals surface area (Å²) in [5, 5.41) is 3.15. The number of piperidine rings is 3. The highest BCUT2D eigenvalue weighted by atomic mass is 35.5. The number of nitrogen functional groups attached to an aromatic ring is 1. The van der Waals surface area contributed by atoms with Crippen LogP contribution in [0, 0.1) is 5.92 Å². The summed E-state index contributed by atoms with van der Waals surface area (Å²) in [4.78, 5) is 14.6. The van der Waals surface area contributed by atoms with Gasteiger partial charge in [-0.3, -0.25) is 4.79 Å². The molecule has 3 aliphatic heterocycles. The molecular formula is C14H21Cl2N3O. The van der Waals surface area contributed by atoms with E-state index in [0.717, 1.165) is 6.54 Å². The van der Waals surface area contributed by atoms with E-state index in [-0.39, 0.29) is 30.7 Å². The predicted octanol–water partition coefficient (Wildman–Crippen LogP) is 1.94. The van der Waals surface area contributed by atoms with Crippen molar-refractivity contribution in [3.05, 3.63) is 29.8 Å². The first-order valence-corrected chi connectivity index (χ1v) is 6.62. The van der Waals surface area contributed by atoms with Crippen molar-refractivity contribution in [2.24, 2.45) is 5.92 Å². The van der Waals surface area contributed by atoms with E-state index < -0.39 is 0 Å². The number of benzene rings is 1. The number of nitrogens with one attached hydrogen (secondary N) is 1. The van der Waals surface area contributed by atoms with Crippen LogP contribution in [-0.2, 0) is 0 Å². The highest BCUT2D eigenvalue weighted by molar-refractivity contribution is 5.99. The number of halogens is 2. The standard InChI is InChI=1S/C14H19N3O.2ClH/c15-12-4-2-1-3-11(12)14(18)16-13-9-17-7-5-10(13)6-8-17;;/h1-4,10,13H,5-9,15H2,(H,16,18);2*1H. The summed E-state index contributed by atoms with van der Waals surface area (Å²) in [6, 6.07) is 7.54. The average molecular weight is 318 g/mol. The van der Waals surface area contributed by atoms with Crippen molar-refractivity contribution in [2.75, 3.05) is 25.4 Å². The summed E-state index contributed by atoms with van der Waals surface area (Å²) in [6.45, 7) is 3.36. The van der Waals surface area contributed by atoms with Gasteiger partial charge in [0.05, 0.1) is 5.56 Å². The fourth-order valence-electron chi connectivity index (χ4n) is 3.08. The number of para-hydroxylation sites is 1. The number of rotatable bonds is 2. The van der Waals surface area contributed by atoms with E-state index in [2.05, 4.69) is 10.2 Å². The molecule has 4 rings (SSSR count). The van der Waals surface area contributed by atoms with Gasteiger partial charge in [-0.25, -0.2) is 0 Å². The Kier molecular flexibility index (Phi) is 6.11. The Bertz CT molecular complexity index is 461. The van der Waals surface area contributed by atoms with Gasteiger partial charge in [-0.1, -0.05) is 12.1 Å². The minimum atomic E-state index is -0.0353. The maximum absolute atomic E-state index is 12.2. The van der Waals surface area contributed by atoms with Crippen molar-refractivity contribution in [3.63, 3.8) is 0 Å². The van der Waals surface area contributed by atoms with Gasteiger partial charge in [-0.05, 0) is 44.0 Å². The Balaban J connectivity index is 0.000001000. The summed E-state index contributed by atoms with van der Waals surface area (Å²) in [5.41, 5.74) is 6.97. The molecule has 3 aliphatic rings. The molecule has 3 saturated heterocycles. The van der Waals surface area contributed by atoms with Crippen LogP contribution in [0.3, 0.4) is 0 Å². The lowest BCUT2D eigenvalue weighted by molar-refractivity contribution is 0.0621. The van der Waals surface area contributed by atoms with Gasteiger partial charge < -0.3 is 16.0 Å². The van der Waals surface area contributed by atoms with Gasteiger partial charge in [0.25, 0.3) is 5.91 Å². The van der Waals surface area contributed by atoms with Crippen LogP contribution >= 0.6 is 24.8 Å². The zero-order valence-electron chi connectivity index (χ0n) is 11.2. The Hall–Kier alpha value is -0.970. The van der Waals surface area contributed by atoms with E-state index in [1.807, 2.05) is 12.1 Å². The van der Waals surface area contributed by atoms with Gasteiger partial charge in [-0.15, -0.1) is 24.8 Å². The number of amides is 1. The molecule has 1 unspecified atom stereocenters. The van der Waals surface area contributed by atoms with Gasteiger partial charge in [-0.2, -0.15) is 0 Å². The quantitative estimate of drug-likeness (QED) is 0.819. The molecule has 0 aromatic heterocycles. The SMILES string of the molecule is Cl.Cl.Nc1ccccc1C(=O)NC1CN2CCC1CC2. The second-order valence-electron chi connectivity index (χ2n) is 5.31. The van der Waals surface area contributed by atoms with E-state index in [1.54, 1.807) is 12.1 Å². The van der Waals surface area contributed by atoms with Crippen LogP contribution in [0.5, 0.6) is 0 Å². The second-order valence-corrected chi connectivity index (χ2v) is 5.31. The molecule has 0 aliphatic carbocycles. The largest absolute Gasteiger partial charge is 0.398 e. The van der Waals surface area contributed by atoms with Crippen molar-refractivity contribution >= 4 is 36.4 Å². The third-order valence-electron chi connectivity index (χ3n) is 4.18. The summed E-state index contributed by atoms with van der Waals surface area (Å²) in [5.74, 6) is 0.607. The van der Waals surface area contributed by atoms with Crippen molar-refractivity contribution < 1.29 is 4.79 Å². The van der Waals surface area contributed by atoms with E-state index in [1.165, 1.54) is 25.9 Å². The monoisotopic (exact) mass is 317 g/mol. The number of nitrogens with two attached hydrogens (primary N) is 1. The van der Waals surface area contributed by atoms with Crippen LogP contribution in [0.25, 0.3) is 0 Å². The van der Waals surface area contributed by atoms with Gasteiger partial charge in [0.2, 0.25) is 0 Å². The van der Waals surface area contributed by atoms with Gasteiger partial charge >= 0.3 is 0 Å². The molecule has 3 N–H and O–H groups in total. The maximum atomic E-state index is 12.2. The van der Waals surface area contributed by atoms with Crippen LogP contribution in [0.4, 0.5) is 5.69 Å². The second kappa shape index (κ2) is 7.16. The number of carbonyl (C=O) groups excluding carboxylic acids is 1. The zero-order chi connectivity index (χ0) is 12.5. The minimum absolute atomic E-state index is 0. The number of carbonyl (C=O) groups is 1. The first kappa shape index (κ1) is 17.1. The highest BCUT2D eigenvalue weighted by Crippen LogP contribution is 2.27. The molecular weight excluding hydrogens is 297 g/mol. The summed E-state index contributed by atoms with van der Waals surface area (Å²) in [6.07, 6.45) is 2.41. The lowest BCUT2D eigenvalue weighted by Gasteiger charge is -2.44. The van der Waals surface area contributed by atoms with Crippen molar-refractivity contribution in [2.45, 2.75) is 18.9 Å². The third kappa shape index (κ3) is 3.37. The van der Waals surface area contributed by atoms with Crippen LogP contribution < -0.4 is 11.1 Å². The van der Waals surface area contributed by atoms with E-state index >= 15 is 0 Å². The van der Waals surface area contributed by atoms with Gasteiger partial charge in [0.15, 0.2) is 0 Å². The molecule has 1 amide bonds. The topological polar surface area (TPSA) is 58.4 Å². The molecule has 1 atom stereocenters. The third-order valence-corrected chi connectivity index (χ3v) is 4.18. The summed E-state index contributed by atoms with van der Waals surface area (Å²) >= 11 is 0. The minimum Gasteiger partial charge on any atom is -0.398 e. The first-order valence-electron chi connectivity index (χ1n) is 6.62. The van der Waals surface area contributed by atoms with Crippen LogP contribution in [0.15, 0.2) is 24.3 Å². The molecule has 20 heavy (non-hydrogen) atoms. The molecule has 4 nitrogen and oxygen atoms in total. The number of fused-ring (bicyclic) bond motifs is 3. The normalized spacial score (nSPS) is 27.1. The Morgan fingerprint density at radius 3 is 2.40 bits per heavy atom. The number of anilines is 1. The number of hydrogen-bond acceptors (Lipinski definition) is 3. The molecule has 1 aromatic carbocycles. The predicted molar refractivity (Wildman–Crippen MR) is 85.8 cm³/mol. The molecule has 0 saturated carbocycles. The summed E-state index contributed by atoms with van der Waals surface area (Å²) in [7, 11) is 0. The van der Waals surface area contributed by atoms with E-state index in [4.69, 9.17) is 5.73 Å². The van der Waals surface area contributed by atoms with Crippen molar-refractivity contribution in [1.29, 1.82) is 0 Å². The first-order chi connectivity index (χ1) is 8.74. The van der Waals surface area contributed by atoms with Crippen LogP contribution in [-0.4, -0.2) is 36.5 Å². The zero-order valence-corrected chi connectivity index (χ0v) is 12.9. The van der Waals surface area contributed by atoms with Crippen LogP contribution in [0.2, 0.25) is 0 Å². The van der Waals surface area contributed by atoms with Crippen molar-refractivity contribution in [1.82, 2.24) is 10.2 Å². The fraction of sp³-hybridized carbons (Fsp3) is 0.500. The van der Waals surface area contributed by atoms with Crippen molar-refractivity contribution in [3.8, 4) is 0 Å². The molecule has 0 spiro atoms. The van der Waals surface area contributed by atoms with Gasteiger partial charge in [0, 0.05) is 18.3 Å². The Labute approximate surface area is 131 Å². The molecule has 0 radical (unpaired) electrons.